The van der Waals surface area contributed by atoms with Crippen molar-refractivity contribution in [1.82, 2.24) is 14.4 Å². The van der Waals surface area contributed by atoms with Crippen molar-refractivity contribution < 1.29 is 19.9 Å². The smallest absolute Gasteiger partial charge is 0.243 e. The fourth-order valence-corrected chi connectivity index (χ4v) is 3.02. The number of imidazole rings is 1. The Kier molecular flexibility index (Phi) is 12.4. The fraction of sp³-hybridized carbons (Fsp3) is 0.700. The van der Waals surface area contributed by atoms with Crippen LogP contribution in [0.15, 0.2) is 36.0 Å². The molecule has 0 radical (unpaired) electrons. The summed E-state index contributed by atoms with van der Waals surface area (Å²) in [6.07, 6.45) is 12.8. The second-order valence-electron chi connectivity index (χ2n) is 7.26. The van der Waals surface area contributed by atoms with E-state index in [1.807, 2.05) is 66.1 Å². The van der Waals surface area contributed by atoms with Crippen LogP contribution in [0.1, 0.15) is 26.2 Å². The zero-order valence-electron chi connectivity index (χ0n) is 17.6. The quantitative estimate of drug-likeness (QED) is 0.168. The summed E-state index contributed by atoms with van der Waals surface area (Å²) >= 11 is 0. The minimum atomic E-state index is -0.593. The number of allylic oxidation sites excluding steroid dienone is 1. The van der Waals surface area contributed by atoms with Gasteiger partial charge in [0.15, 0.2) is 0 Å². The van der Waals surface area contributed by atoms with E-state index in [0.717, 1.165) is 25.8 Å². The summed E-state index contributed by atoms with van der Waals surface area (Å²) in [6.45, 7) is 4.68. The van der Waals surface area contributed by atoms with Gasteiger partial charge in [-0.2, -0.15) is 0 Å². The highest BCUT2D eigenvalue weighted by molar-refractivity contribution is 5.55. The molecule has 2 unspecified atom stereocenters. The van der Waals surface area contributed by atoms with Gasteiger partial charge in [0.1, 0.15) is 25.0 Å². The van der Waals surface area contributed by atoms with Gasteiger partial charge in [-0.25, -0.2) is 9.13 Å². The van der Waals surface area contributed by atoms with Gasteiger partial charge >= 0.3 is 0 Å². The third-order valence-corrected chi connectivity index (χ3v) is 4.28. The molecule has 28 heavy (non-hydrogen) atoms. The van der Waals surface area contributed by atoms with Crippen LogP contribution < -0.4 is 4.57 Å². The van der Waals surface area contributed by atoms with Crippen LogP contribution in [0.4, 0.5) is 0 Å². The Balaban J connectivity index is 2.52. The number of rotatable bonds is 15. The van der Waals surface area contributed by atoms with Crippen molar-refractivity contribution in [1.29, 1.82) is 0 Å². The first kappa shape index (κ1) is 24.3. The average molecular weight is 397 g/mol. The van der Waals surface area contributed by atoms with Crippen LogP contribution in [0.3, 0.4) is 0 Å². The molecule has 0 aliphatic carbocycles. The van der Waals surface area contributed by atoms with Crippen LogP contribution in [0.25, 0.3) is 0 Å². The molecule has 3 N–H and O–H groups in total. The normalized spacial score (nSPS) is 14.4. The van der Waals surface area contributed by atoms with E-state index in [-0.39, 0.29) is 6.61 Å². The minimum Gasteiger partial charge on any atom is -0.396 e. The molecular weight excluding hydrogens is 358 g/mol. The molecule has 0 amide bonds. The molecule has 0 spiro atoms. The molecule has 0 aliphatic heterocycles. The van der Waals surface area contributed by atoms with E-state index >= 15 is 0 Å². The first-order chi connectivity index (χ1) is 13.4. The van der Waals surface area contributed by atoms with Crippen LogP contribution in [0.5, 0.6) is 0 Å². The molecule has 0 aliphatic rings. The monoisotopic (exact) mass is 396 g/mol. The minimum absolute atomic E-state index is 0.199. The molecule has 2 atom stereocenters. The predicted octanol–water partition coefficient (Wildman–Crippen LogP) is -0.00730. The van der Waals surface area contributed by atoms with Crippen LogP contribution in [-0.4, -0.2) is 88.1 Å². The summed E-state index contributed by atoms with van der Waals surface area (Å²) in [4.78, 5) is 8.19. The molecule has 1 aromatic rings. The van der Waals surface area contributed by atoms with Crippen molar-refractivity contribution in [2.45, 2.75) is 44.9 Å². The zero-order valence-corrected chi connectivity index (χ0v) is 17.6. The lowest BCUT2D eigenvalue weighted by atomic mass is 10.2. The standard InChI is InChI=1S/C20H38N5O3/c1-4-8-22(2)17-21-13-19(27)14-24(9-6-5-7-12-26)15-20(28)16-25-11-10-23(3)18-25/h4,8,10-11,17-20,26-28H,5-7,9,12-16H2,1-3H3/q+1/b8-4-,21-17?. The summed E-state index contributed by atoms with van der Waals surface area (Å²) in [5.74, 6) is 0. The summed E-state index contributed by atoms with van der Waals surface area (Å²) < 4.78 is 3.89. The van der Waals surface area contributed by atoms with E-state index in [2.05, 4.69) is 9.89 Å². The molecule has 8 nitrogen and oxygen atoms in total. The van der Waals surface area contributed by atoms with Gasteiger partial charge in [0.2, 0.25) is 6.33 Å². The van der Waals surface area contributed by atoms with Crippen LogP contribution >= 0.6 is 0 Å². The lowest BCUT2D eigenvalue weighted by Crippen LogP contribution is -2.41. The number of hydrogen-bond acceptors (Lipinski definition) is 5. The molecule has 0 aromatic carbocycles. The van der Waals surface area contributed by atoms with Crippen LogP contribution in [-0.2, 0) is 13.6 Å². The Hall–Kier alpha value is -1.74. The summed E-state index contributed by atoms with van der Waals surface area (Å²) in [6, 6.07) is 0. The largest absolute Gasteiger partial charge is 0.396 e. The highest BCUT2D eigenvalue weighted by Crippen LogP contribution is 2.04. The lowest BCUT2D eigenvalue weighted by Gasteiger charge is -2.26. The highest BCUT2D eigenvalue weighted by Gasteiger charge is 2.17. The number of aliphatic imine (C=N–C) groups is 1. The van der Waals surface area contributed by atoms with Gasteiger partial charge in [-0.15, -0.1) is 0 Å². The van der Waals surface area contributed by atoms with Gasteiger partial charge < -0.3 is 20.2 Å². The number of aromatic nitrogens is 2. The van der Waals surface area contributed by atoms with E-state index in [1.54, 1.807) is 6.34 Å². The molecule has 0 saturated carbocycles. The fourth-order valence-electron chi connectivity index (χ4n) is 3.02. The number of nitrogens with zero attached hydrogens (tertiary/aromatic N) is 5. The van der Waals surface area contributed by atoms with Gasteiger partial charge in [-0.05, 0) is 32.7 Å². The van der Waals surface area contributed by atoms with E-state index in [9.17, 15) is 10.2 Å². The molecule has 1 aromatic heterocycles. The first-order valence-corrected chi connectivity index (χ1v) is 9.99. The molecule has 160 valence electrons. The maximum absolute atomic E-state index is 10.5. The van der Waals surface area contributed by atoms with Crippen LogP contribution in [0.2, 0.25) is 0 Å². The number of aryl methyl sites for hydroxylation is 1. The van der Waals surface area contributed by atoms with Crippen molar-refractivity contribution >= 4 is 6.34 Å². The SMILES string of the molecule is C/C=C\N(C)C=NCC(O)CN(CCCCCO)CC(O)Cn1cc[n+](C)c1. The maximum Gasteiger partial charge on any atom is 0.243 e. The second-order valence-corrected chi connectivity index (χ2v) is 7.26. The zero-order chi connectivity index (χ0) is 20.8. The average Bonchev–Trinajstić information content (AvgIpc) is 3.03. The van der Waals surface area contributed by atoms with Crippen molar-refractivity contribution in [3.05, 3.63) is 31.0 Å². The number of unbranched alkanes of at least 4 members (excludes halogenated alkanes) is 2. The number of hydrogen-bond donors (Lipinski definition) is 3. The second kappa shape index (κ2) is 14.3. The summed E-state index contributed by atoms with van der Waals surface area (Å²) in [5, 5.41) is 29.8. The number of aliphatic hydroxyl groups excluding tert-OH is 3. The molecule has 1 rings (SSSR count). The lowest BCUT2D eigenvalue weighted by molar-refractivity contribution is -0.671. The molecule has 1 heterocycles. The van der Waals surface area contributed by atoms with Gasteiger partial charge in [0.25, 0.3) is 0 Å². The Morgan fingerprint density at radius 2 is 1.93 bits per heavy atom. The molecule has 0 bridgehead atoms. The van der Waals surface area contributed by atoms with Crippen molar-refractivity contribution in [2.75, 3.05) is 39.8 Å². The highest BCUT2D eigenvalue weighted by atomic mass is 16.3. The number of aliphatic hydroxyl groups is 3. The molecular formula is C20H38N5O3+. The summed E-state index contributed by atoms with van der Waals surface area (Å²) in [5.41, 5.74) is 0. The van der Waals surface area contributed by atoms with Gasteiger partial charge in [0.05, 0.1) is 26.0 Å². The molecule has 0 saturated heterocycles. The topological polar surface area (TPSA) is 88.3 Å². The predicted molar refractivity (Wildman–Crippen MR) is 111 cm³/mol. The third-order valence-electron chi connectivity index (χ3n) is 4.28. The van der Waals surface area contributed by atoms with Gasteiger partial charge in [-0.1, -0.05) is 6.08 Å². The Morgan fingerprint density at radius 1 is 1.18 bits per heavy atom. The van der Waals surface area contributed by atoms with E-state index < -0.39 is 12.2 Å². The van der Waals surface area contributed by atoms with E-state index in [0.29, 0.717) is 26.2 Å². The van der Waals surface area contributed by atoms with Crippen molar-refractivity contribution in [3.63, 3.8) is 0 Å². The van der Waals surface area contributed by atoms with Crippen molar-refractivity contribution in [2.24, 2.45) is 12.0 Å². The third kappa shape index (κ3) is 11.2. The summed E-state index contributed by atoms with van der Waals surface area (Å²) in [7, 11) is 3.84. The Morgan fingerprint density at radius 3 is 2.57 bits per heavy atom. The van der Waals surface area contributed by atoms with Gasteiger partial charge in [0, 0.05) is 32.9 Å². The van der Waals surface area contributed by atoms with Gasteiger partial charge in [-0.3, -0.25) is 9.89 Å². The molecule has 8 heteroatoms. The molecule has 0 fully saturated rings. The first-order valence-electron chi connectivity index (χ1n) is 9.99. The Bertz CT molecular complexity index is 576. The Labute approximate surface area is 169 Å². The van der Waals surface area contributed by atoms with Crippen LogP contribution in [0, 0.1) is 0 Å². The van der Waals surface area contributed by atoms with E-state index in [1.165, 1.54) is 0 Å². The maximum atomic E-state index is 10.5. The van der Waals surface area contributed by atoms with Crippen molar-refractivity contribution in [3.8, 4) is 0 Å². The van der Waals surface area contributed by atoms with E-state index in [4.69, 9.17) is 5.11 Å².